The van der Waals surface area contributed by atoms with Gasteiger partial charge < -0.3 is 29.8 Å². The molecule has 1 aliphatic heterocycles. The summed E-state index contributed by atoms with van der Waals surface area (Å²) in [5, 5.41) is 9.42. The Kier molecular flexibility index (Phi) is 4.95. The number of fused-ring (bicyclic) bond motifs is 1. The first-order valence-corrected chi connectivity index (χ1v) is 9.57. The predicted molar refractivity (Wildman–Crippen MR) is 106 cm³/mol. The van der Waals surface area contributed by atoms with E-state index in [-0.39, 0.29) is 40.6 Å². The molecule has 1 aromatic carbocycles. The van der Waals surface area contributed by atoms with E-state index in [0.29, 0.717) is 25.0 Å². The topological polar surface area (TPSA) is 107 Å². The fourth-order valence-corrected chi connectivity index (χ4v) is 4.17. The summed E-state index contributed by atoms with van der Waals surface area (Å²) in [4.78, 5) is 26.1. The summed E-state index contributed by atoms with van der Waals surface area (Å²) in [5.74, 6) is -1.77. The Morgan fingerprint density at radius 2 is 2.03 bits per heavy atom. The highest BCUT2D eigenvalue weighted by molar-refractivity contribution is 5.97. The van der Waals surface area contributed by atoms with Crippen molar-refractivity contribution >= 4 is 22.6 Å². The van der Waals surface area contributed by atoms with E-state index in [9.17, 15) is 14.7 Å². The summed E-state index contributed by atoms with van der Waals surface area (Å²) >= 11 is 0. The maximum atomic E-state index is 15.3. The Bertz CT molecular complexity index is 1030. The smallest absolute Gasteiger partial charge is 0.341 e. The number of carboxylic acids is 1. The van der Waals surface area contributed by atoms with Gasteiger partial charge in [0.25, 0.3) is 0 Å². The summed E-state index contributed by atoms with van der Waals surface area (Å²) in [5.41, 5.74) is 5.67. The lowest BCUT2D eigenvalue weighted by Gasteiger charge is -2.38. The second-order valence-electron chi connectivity index (χ2n) is 7.71. The number of aromatic carboxylic acids is 1. The maximum Gasteiger partial charge on any atom is 0.341 e. The standard InChI is InChI=1S/C20H24FN3O5/c1-28-12-5-10(22)7-23(8-12)17-15(21)6-13-16(19(17)29-2)24(11-3-4-11)9-14(18(13)25)20(26)27/h6,9-12H,3-5,7-8,22H2,1-2H3,(H,26,27)/t10-,12+/m0/s1. The second kappa shape index (κ2) is 7.31. The lowest BCUT2D eigenvalue weighted by atomic mass is 10.0. The van der Waals surface area contributed by atoms with Gasteiger partial charge in [-0.1, -0.05) is 0 Å². The predicted octanol–water partition coefficient (Wildman–Crippen LogP) is 1.73. The summed E-state index contributed by atoms with van der Waals surface area (Å²) in [6.07, 6.45) is 3.56. The summed E-state index contributed by atoms with van der Waals surface area (Å²) in [7, 11) is 3.01. The number of rotatable bonds is 5. The SMILES string of the molecule is COc1c(N2C[C@@H](N)C[C@@H](OC)C2)c(F)cc2c(=O)c(C(=O)O)cn(C3CC3)c12. The number of ether oxygens (including phenoxy) is 2. The molecule has 0 radical (unpaired) electrons. The minimum Gasteiger partial charge on any atom is -0.492 e. The Morgan fingerprint density at radius 1 is 1.31 bits per heavy atom. The maximum absolute atomic E-state index is 15.3. The zero-order chi connectivity index (χ0) is 20.9. The fourth-order valence-electron chi connectivity index (χ4n) is 4.17. The number of hydrogen-bond donors (Lipinski definition) is 2. The van der Waals surface area contributed by atoms with Gasteiger partial charge in [-0.15, -0.1) is 0 Å². The van der Waals surface area contributed by atoms with Gasteiger partial charge in [-0.05, 0) is 25.3 Å². The number of halogens is 1. The third-order valence-corrected chi connectivity index (χ3v) is 5.67. The first-order valence-electron chi connectivity index (χ1n) is 9.57. The van der Waals surface area contributed by atoms with Crippen LogP contribution in [0.15, 0.2) is 17.1 Å². The molecule has 156 valence electrons. The van der Waals surface area contributed by atoms with Gasteiger partial charge in [-0.25, -0.2) is 9.18 Å². The lowest BCUT2D eigenvalue weighted by Crippen LogP contribution is -2.50. The van der Waals surface area contributed by atoms with Crippen molar-refractivity contribution in [1.29, 1.82) is 0 Å². The zero-order valence-corrected chi connectivity index (χ0v) is 16.4. The molecule has 29 heavy (non-hydrogen) atoms. The fraction of sp³-hybridized carbons (Fsp3) is 0.500. The van der Waals surface area contributed by atoms with Crippen LogP contribution in [0.5, 0.6) is 5.75 Å². The van der Waals surface area contributed by atoms with Gasteiger partial charge >= 0.3 is 5.97 Å². The van der Waals surface area contributed by atoms with Crippen LogP contribution >= 0.6 is 0 Å². The summed E-state index contributed by atoms with van der Waals surface area (Å²) in [6.45, 7) is 0.851. The number of anilines is 1. The van der Waals surface area contributed by atoms with E-state index in [2.05, 4.69) is 0 Å². The average Bonchev–Trinajstić information content (AvgIpc) is 3.52. The molecule has 8 nitrogen and oxygen atoms in total. The minimum absolute atomic E-state index is 0.000463. The quantitative estimate of drug-likeness (QED) is 0.780. The number of nitrogens with zero attached hydrogens (tertiary/aromatic N) is 2. The molecule has 2 aromatic rings. The van der Waals surface area contributed by atoms with Crippen molar-refractivity contribution in [1.82, 2.24) is 4.57 Å². The molecule has 2 atom stereocenters. The number of benzene rings is 1. The highest BCUT2D eigenvalue weighted by Gasteiger charge is 2.33. The van der Waals surface area contributed by atoms with Crippen LogP contribution < -0.4 is 20.8 Å². The number of hydrogen-bond acceptors (Lipinski definition) is 6. The van der Waals surface area contributed by atoms with Crippen LogP contribution in [0.3, 0.4) is 0 Å². The van der Waals surface area contributed by atoms with Crippen molar-refractivity contribution in [2.75, 3.05) is 32.2 Å². The van der Waals surface area contributed by atoms with E-state index in [1.807, 2.05) is 0 Å². The zero-order valence-electron chi connectivity index (χ0n) is 16.4. The van der Waals surface area contributed by atoms with Crippen LogP contribution in [-0.2, 0) is 4.74 Å². The van der Waals surface area contributed by atoms with Crippen molar-refractivity contribution in [2.45, 2.75) is 37.5 Å². The second-order valence-corrected chi connectivity index (χ2v) is 7.71. The Labute approximate surface area is 166 Å². The molecule has 1 aromatic heterocycles. The molecular formula is C20H24FN3O5. The third kappa shape index (κ3) is 3.34. The van der Waals surface area contributed by atoms with E-state index < -0.39 is 17.2 Å². The van der Waals surface area contributed by atoms with Crippen LogP contribution in [0.1, 0.15) is 35.7 Å². The highest BCUT2D eigenvalue weighted by Crippen LogP contribution is 2.44. The monoisotopic (exact) mass is 405 g/mol. The van der Waals surface area contributed by atoms with Gasteiger partial charge in [0.15, 0.2) is 11.6 Å². The molecular weight excluding hydrogens is 381 g/mol. The van der Waals surface area contributed by atoms with Crippen molar-refractivity contribution in [3.63, 3.8) is 0 Å². The molecule has 2 fully saturated rings. The van der Waals surface area contributed by atoms with Crippen LogP contribution in [0.4, 0.5) is 10.1 Å². The van der Waals surface area contributed by atoms with Crippen molar-refractivity contribution in [3.8, 4) is 5.75 Å². The largest absolute Gasteiger partial charge is 0.492 e. The Morgan fingerprint density at radius 3 is 2.62 bits per heavy atom. The molecule has 0 bridgehead atoms. The third-order valence-electron chi connectivity index (χ3n) is 5.67. The molecule has 3 N–H and O–H groups in total. The van der Waals surface area contributed by atoms with Gasteiger partial charge in [-0.3, -0.25) is 4.79 Å². The van der Waals surface area contributed by atoms with Crippen molar-refractivity contribution < 1.29 is 23.8 Å². The van der Waals surface area contributed by atoms with Crippen LogP contribution in [-0.4, -0.2) is 55.1 Å². The van der Waals surface area contributed by atoms with Crippen molar-refractivity contribution in [3.05, 3.63) is 33.9 Å². The summed E-state index contributed by atoms with van der Waals surface area (Å²) < 4.78 is 28.1. The molecule has 1 saturated carbocycles. The Balaban J connectivity index is 1.99. The normalized spacial score (nSPS) is 22.1. The number of piperidine rings is 1. The molecule has 4 rings (SSSR count). The Hall–Kier alpha value is -2.65. The lowest BCUT2D eigenvalue weighted by molar-refractivity contribution is 0.0694. The van der Waals surface area contributed by atoms with E-state index in [4.69, 9.17) is 15.2 Å². The van der Waals surface area contributed by atoms with E-state index >= 15 is 4.39 Å². The number of pyridine rings is 1. The van der Waals surface area contributed by atoms with E-state index in [1.54, 1.807) is 16.6 Å². The van der Waals surface area contributed by atoms with Crippen molar-refractivity contribution in [2.24, 2.45) is 5.73 Å². The van der Waals surface area contributed by atoms with E-state index in [0.717, 1.165) is 18.9 Å². The summed E-state index contributed by atoms with van der Waals surface area (Å²) in [6, 6.07) is 0.968. The van der Waals surface area contributed by atoms with Gasteiger partial charge in [0.1, 0.15) is 11.3 Å². The first-order chi connectivity index (χ1) is 13.8. The molecule has 1 aliphatic carbocycles. The first kappa shape index (κ1) is 19.7. The highest BCUT2D eigenvalue weighted by atomic mass is 19.1. The molecule has 1 saturated heterocycles. The van der Waals surface area contributed by atoms with E-state index in [1.165, 1.54) is 13.3 Å². The molecule has 0 spiro atoms. The van der Waals surface area contributed by atoms with Crippen LogP contribution in [0, 0.1) is 5.82 Å². The molecule has 9 heteroatoms. The van der Waals surface area contributed by atoms with Gasteiger partial charge in [0, 0.05) is 38.5 Å². The molecule has 2 aliphatic rings. The average molecular weight is 405 g/mol. The number of nitrogens with two attached hydrogens (primary N) is 1. The van der Waals surface area contributed by atoms with Gasteiger partial charge in [0.05, 0.1) is 24.1 Å². The van der Waals surface area contributed by atoms with Crippen LogP contribution in [0.25, 0.3) is 10.9 Å². The van der Waals surface area contributed by atoms with Gasteiger partial charge in [-0.2, -0.15) is 0 Å². The minimum atomic E-state index is -1.33. The number of carbonyl (C=O) groups is 1. The number of methoxy groups -OCH3 is 2. The molecule has 0 amide bonds. The van der Waals surface area contributed by atoms with Gasteiger partial charge in [0.2, 0.25) is 5.43 Å². The van der Waals surface area contributed by atoms with Crippen LogP contribution in [0.2, 0.25) is 0 Å². The number of carboxylic acid groups (broad SMARTS) is 1. The molecule has 0 unspecified atom stereocenters. The molecule has 2 heterocycles. The number of aromatic nitrogens is 1.